The average Bonchev–Trinajstić information content (AvgIpc) is 2.64. The van der Waals surface area contributed by atoms with Gasteiger partial charge in [0.25, 0.3) is 0 Å². The molecular weight excluding hydrogens is 334 g/mol. The number of ether oxygens (including phenoxy) is 1. The maximum atomic E-state index is 12.6. The Hall–Kier alpha value is -1.06. The fourth-order valence-electron chi connectivity index (χ4n) is 3.72. The molecule has 1 saturated carbocycles. The van der Waals surface area contributed by atoms with Crippen molar-refractivity contribution in [1.82, 2.24) is 5.32 Å². The van der Waals surface area contributed by atoms with Crippen LogP contribution in [0.4, 0.5) is 0 Å². The molecule has 1 N–H and O–H groups in total. The van der Waals surface area contributed by atoms with Gasteiger partial charge in [-0.3, -0.25) is 4.79 Å². The van der Waals surface area contributed by atoms with Crippen molar-refractivity contribution in [3.63, 3.8) is 0 Å². The highest BCUT2D eigenvalue weighted by atomic mass is 35.5. The van der Waals surface area contributed by atoms with E-state index in [0.29, 0.717) is 11.6 Å². The van der Waals surface area contributed by atoms with E-state index in [1.807, 2.05) is 31.2 Å². The lowest BCUT2D eigenvalue weighted by atomic mass is 9.79. The first-order valence-electron chi connectivity index (χ1n) is 9.57. The Morgan fingerprint density at radius 2 is 2.04 bits per heavy atom. The number of carbonyl (C=O) groups excluding carboxylic acids is 1. The number of halogens is 1. The van der Waals surface area contributed by atoms with E-state index in [1.54, 1.807) is 7.11 Å². The lowest BCUT2D eigenvalue weighted by Crippen LogP contribution is -2.43. The Labute approximate surface area is 157 Å². The number of carbonyl (C=O) groups is 1. The van der Waals surface area contributed by atoms with Gasteiger partial charge in [0.1, 0.15) is 5.60 Å². The van der Waals surface area contributed by atoms with E-state index in [4.69, 9.17) is 16.3 Å². The third kappa shape index (κ3) is 5.72. The van der Waals surface area contributed by atoms with Crippen LogP contribution in [-0.2, 0) is 15.1 Å². The van der Waals surface area contributed by atoms with Crippen LogP contribution in [0, 0.1) is 11.8 Å². The molecule has 1 atom stereocenters. The fraction of sp³-hybridized carbons (Fsp3) is 0.667. The van der Waals surface area contributed by atoms with Crippen molar-refractivity contribution in [3.8, 4) is 0 Å². The number of benzene rings is 1. The summed E-state index contributed by atoms with van der Waals surface area (Å²) in [5.41, 5.74) is 0.407. The quantitative estimate of drug-likeness (QED) is 0.677. The Morgan fingerprint density at radius 1 is 1.32 bits per heavy atom. The zero-order valence-electron chi connectivity index (χ0n) is 15.8. The van der Waals surface area contributed by atoms with Crippen molar-refractivity contribution in [3.05, 3.63) is 34.9 Å². The Morgan fingerprint density at radius 3 is 2.64 bits per heavy atom. The molecule has 1 aromatic rings. The zero-order valence-corrected chi connectivity index (χ0v) is 16.6. The first-order valence-corrected chi connectivity index (χ1v) is 9.95. The summed E-state index contributed by atoms with van der Waals surface area (Å²) < 4.78 is 5.70. The molecule has 25 heavy (non-hydrogen) atoms. The number of amides is 1. The van der Waals surface area contributed by atoms with Crippen molar-refractivity contribution in [2.45, 2.75) is 64.4 Å². The van der Waals surface area contributed by atoms with Crippen molar-refractivity contribution >= 4 is 17.5 Å². The maximum Gasteiger partial charge on any atom is 0.223 e. The van der Waals surface area contributed by atoms with Crippen molar-refractivity contribution in [2.24, 2.45) is 11.8 Å². The summed E-state index contributed by atoms with van der Waals surface area (Å²) >= 11 is 6.10. The third-order valence-corrected chi connectivity index (χ3v) is 5.90. The van der Waals surface area contributed by atoms with Gasteiger partial charge in [-0.2, -0.15) is 0 Å². The SMILES string of the molecule is CCCCC1CCC(C(=O)NCC(C)(OC)c2cccc(Cl)c2)CC1. The molecule has 0 radical (unpaired) electrons. The summed E-state index contributed by atoms with van der Waals surface area (Å²) in [5.74, 6) is 1.14. The smallest absolute Gasteiger partial charge is 0.223 e. The molecule has 0 aliphatic heterocycles. The van der Waals surface area contributed by atoms with E-state index in [9.17, 15) is 4.79 Å². The summed E-state index contributed by atoms with van der Waals surface area (Å²) in [6, 6.07) is 7.64. The zero-order chi connectivity index (χ0) is 18.3. The minimum atomic E-state index is -0.571. The normalized spacial score (nSPS) is 23.0. The molecule has 1 aliphatic carbocycles. The van der Waals surface area contributed by atoms with Crippen LogP contribution < -0.4 is 5.32 Å². The lowest BCUT2D eigenvalue weighted by Gasteiger charge is -2.31. The number of hydrogen-bond acceptors (Lipinski definition) is 2. The van der Waals surface area contributed by atoms with Gasteiger partial charge in [-0.1, -0.05) is 49.9 Å². The van der Waals surface area contributed by atoms with E-state index in [-0.39, 0.29) is 11.8 Å². The van der Waals surface area contributed by atoms with Gasteiger partial charge in [-0.15, -0.1) is 0 Å². The van der Waals surface area contributed by atoms with Crippen LogP contribution in [0.3, 0.4) is 0 Å². The third-order valence-electron chi connectivity index (χ3n) is 5.67. The first kappa shape index (κ1) is 20.3. The standard InChI is InChI=1S/C21H32ClNO2/c1-4-5-7-16-10-12-17(13-11-16)20(24)23-15-21(2,25-3)18-8-6-9-19(22)14-18/h6,8-9,14,16-17H,4-5,7,10-13,15H2,1-3H3,(H,23,24). The van der Waals surface area contributed by atoms with Gasteiger partial charge in [-0.05, 0) is 56.2 Å². The van der Waals surface area contributed by atoms with Gasteiger partial charge in [0.2, 0.25) is 5.91 Å². The summed E-state index contributed by atoms with van der Waals surface area (Å²) in [4.78, 5) is 12.6. The topological polar surface area (TPSA) is 38.3 Å². The molecule has 0 heterocycles. The van der Waals surface area contributed by atoms with E-state index >= 15 is 0 Å². The molecule has 2 rings (SSSR count). The Bertz CT molecular complexity index is 555. The summed E-state index contributed by atoms with van der Waals surface area (Å²) in [6.07, 6.45) is 8.30. The molecule has 1 unspecified atom stereocenters. The van der Waals surface area contributed by atoms with Crippen molar-refractivity contribution < 1.29 is 9.53 Å². The first-order chi connectivity index (χ1) is 12.0. The highest BCUT2D eigenvalue weighted by Crippen LogP contribution is 2.32. The predicted molar refractivity (Wildman–Crippen MR) is 104 cm³/mol. The van der Waals surface area contributed by atoms with Gasteiger partial charge >= 0.3 is 0 Å². The molecule has 1 aromatic carbocycles. The number of methoxy groups -OCH3 is 1. The monoisotopic (exact) mass is 365 g/mol. The molecule has 3 nitrogen and oxygen atoms in total. The predicted octanol–water partition coefficient (Wildman–Crippen LogP) is 5.31. The Balaban J connectivity index is 1.86. The molecule has 4 heteroatoms. The number of nitrogens with one attached hydrogen (secondary N) is 1. The van der Waals surface area contributed by atoms with Gasteiger partial charge in [0, 0.05) is 18.1 Å². The molecule has 140 valence electrons. The summed E-state index contributed by atoms with van der Waals surface area (Å²) in [7, 11) is 1.67. The van der Waals surface area contributed by atoms with Crippen LogP contribution in [0.25, 0.3) is 0 Å². The van der Waals surface area contributed by atoms with E-state index in [1.165, 1.54) is 32.1 Å². The van der Waals surface area contributed by atoms with Gasteiger partial charge < -0.3 is 10.1 Å². The number of unbranched alkanes of at least 4 members (excludes halogenated alkanes) is 1. The number of rotatable bonds is 8. The van der Waals surface area contributed by atoms with E-state index in [2.05, 4.69) is 12.2 Å². The highest BCUT2D eigenvalue weighted by Gasteiger charge is 2.30. The fourth-order valence-corrected chi connectivity index (χ4v) is 3.91. The Kier molecular flexibility index (Phi) is 7.77. The molecule has 1 aliphatic rings. The number of hydrogen-bond donors (Lipinski definition) is 1. The summed E-state index contributed by atoms with van der Waals surface area (Å²) in [5, 5.41) is 3.79. The highest BCUT2D eigenvalue weighted by molar-refractivity contribution is 6.30. The molecule has 0 bridgehead atoms. The molecular formula is C21H32ClNO2. The van der Waals surface area contributed by atoms with Crippen LogP contribution in [0.15, 0.2) is 24.3 Å². The molecule has 1 fully saturated rings. The van der Waals surface area contributed by atoms with Crippen LogP contribution >= 0.6 is 11.6 Å². The second-order valence-electron chi connectivity index (χ2n) is 7.52. The summed E-state index contributed by atoms with van der Waals surface area (Å²) in [6.45, 7) is 4.69. The van der Waals surface area contributed by atoms with Gasteiger partial charge in [-0.25, -0.2) is 0 Å². The van der Waals surface area contributed by atoms with E-state index in [0.717, 1.165) is 24.3 Å². The molecule has 0 spiro atoms. The van der Waals surface area contributed by atoms with Gasteiger partial charge in [0.05, 0.1) is 6.54 Å². The second kappa shape index (κ2) is 9.59. The van der Waals surface area contributed by atoms with Crippen LogP contribution in [0.1, 0.15) is 64.4 Å². The molecule has 0 aromatic heterocycles. The van der Waals surface area contributed by atoms with Crippen molar-refractivity contribution in [2.75, 3.05) is 13.7 Å². The lowest BCUT2D eigenvalue weighted by molar-refractivity contribution is -0.127. The van der Waals surface area contributed by atoms with E-state index < -0.39 is 5.60 Å². The van der Waals surface area contributed by atoms with Crippen LogP contribution in [0.2, 0.25) is 5.02 Å². The van der Waals surface area contributed by atoms with Gasteiger partial charge in [0.15, 0.2) is 0 Å². The van der Waals surface area contributed by atoms with Crippen molar-refractivity contribution in [1.29, 1.82) is 0 Å². The molecule has 1 amide bonds. The largest absolute Gasteiger partial charge is 0.372 e. The van der Waals surface area contributed by atoms with Crippen LogP contribution in [0.5, 0.6) is 0 Å². The second-order valence-corrected chi connectivity index (χ2v) is 7.96. The van der Waals surface area contributed by atoms with Crippen LogP contribution in [-0.4, -0.2) is 19.6 Å². The molecule has 0 saturated heterocycles. The maximum absolute atomic E-state index is 12.6. The minimum absolute atomic E-state index is 0.151. The average molecular weight is 366 g/mol. The minimum Gasteiger partial charge on any atom is -0.372 e.